The van der Waals surface area contributed by atoms with Crippen LogP contribution in [0.25, 0.3) is 0 Å². The molecule has 1 amide bonds. The van der Waals surface area contributed by atoms with Crippen LogP contribution in [-0.2, 0) is 24.6 Å². The standard InChI is InChI=1S/C21H25N3O5/c1-12-10-17(14-6-9-28-11-14)29-21(27)18(12)20(26)24-7-4-15-16(5-8-24)22-13(2)23(3)19(15)25/h10,14H,4-9,11H2,1-3H3. The van der Waals surface area contributed by atoms with E-state index in [4.69, 9.17) is 9.15 Å². The minimum atomic E-state index is -0.608. The molecule has 0 bridgehead atoms. The highest BCUT2D eigenvalue weighted by Gasteiger charge is 2.28. The van der Waals surface area contributed by atoms with E-state index in [-0.39, 0.29) is 22.9 Å². The first-order valence-electron chi connectivity index (χ1n) is 9.94. The molecule has 8 heteroatoms. The highest BCUT2D eigenvalue weighted by atomic mass is 16.5. The van der Waals surface area contributed by atoms with Gasteiger partial charge in [-0.15, -0.1) is 0 Å². The molecule has 0 saturated carbocycles. The number of nitrogens with zero attached hydrogens (tertiary/aromatic N) is 3. The second-order valence-electron chi connectivity index (χ2n) is 7.80. The van der Waals surface area contributed by atoms with Gasteiger partial charge in [0.2, 0.25) is 0 Å². The minimum Gasteiger partial charge on any atom is -0.427 e. The van der Waals surface area contributed by atoms with Gasteiger partial charge < -0.3 is 14.1 Å². The van der Waals surface area contributed by atoms with Gasteiger partial charge in [-0.05, 0) is 38.3 Å². The lowest BCUT2D eigenvalue weighted by Crippen LogP contribution is -2.37. The number of ether oxygens (including phenoxy) is 1. The fourth-order valence-electron chi connectivity index (χ4n) is 4.08. The van der Waals surface area contributed by atoms with Crippen molar-refractivity contribution < 1.29 is 13.9 Å². The van der Waals surface area contributed by atoms with Crippen molar-refractivity contribution >= 4 is 5.91 Å². The van der Waals surface area contributed by atoms with Gasteiger partial charge >= 0.3 is 5.63 Å². The lowest BCUT2D eigenvalue weighted by molar-refractivity contribution is 0.0757. The van der Waals surface area contributed by atoms with E-state index in [1.54, 1.807) is 31.9 Å². The number of aromatic nitrogens is 2. The molecule has 1 atom stereocenters. The van der Waals surface area contributed by atoms with E-state index in [0.717, 1.165) is 12.1 Å². The van der Waals surface area contributed by atoms with Gasteiger partial charge in [0, 0.05) is 44.6 Å². The summed E-state index contributed by atoms with van der Waals surface area (Å²) in [7, 11) is 1.70. The molecule has 0 spiro atoms. The molecule has 0 N–H and O–H groups in total. The molecule has 29 heavy (non-hydrogen) atoms. The van der Waals surface area contributed by atoms with Crippen molar-refractivity contribution in [3.63, 3.8) is 0 Å². The van der Waals surface area contributed by atoms with E-state index in [9.17, 15) is 14.4 Å². The summed E-state index contributed by atoms with van der Waals surface area (Å²) in [5, 5.41) is 0. The van der Waals surface area contributed by atoms with Crippen LogP contribution >= 0.6 is 0 Å². The summed E-state index contributed by atoms with van der Waals surface area (Å²) in [6, 6.07) is 1.78. The molecule has 154 valence electrons. The Morgan fingerprint density at radius 3 is 2.66 bits per heavy atom. The van der Waals surface area contributed by atoms with E-state index in [0.29, 0.717) is 61.9 Å². The molecule has 2 aliphatic rings. The van der Waals surface area contributed by atoms with Crippen molar-refractivity contribution in [1.82, 2.24) is 14.5 Å². The van der Waals surface area contributed by atoms with E-state index >= 15 is 0 Å². The van der Waals surface area contributed by atoms with Gasteiger partial charge in [-0.3, -0.25) is 14.2 Å². The summed E-state index contributed by atoms with van der Waals surface area (Å²) < 4.78 is 12.4. The maximum Gasteiger partial charge on any atom is 0.349 e. The second kappa shape index (κ2) is 7.59. The predicted octanol–water partition coefficient (Wildman–Crippen LogP) is 1.10. The van der Waals surface area contributed by atoms with Crippen LogP contribution in [0.3, 0.4) is 0 Å². The van der Waals surface area contributed by atoms with E-state index < -0.39 is 5.63 Å². The van der Waals surface area contributed by atoms with E-state index in [1.807, 2.05) is 0 Å². The monoisotopic (exact) mass is 399 g/mol. The summed E-state index contributed by atoms with van der Waals surface area (Å²) in [5.74, 6) is 0.931. The Morgan fingerprint density at radius 2 is 1.97 bits per heavy atom. The quantitative estimate of drug-likeness (QED) is 0.750. The third-order valence-electron chi connectivity index (χ3n) is 5.94. The SMILES string of the molecule is Cc1cc(C2CCOC2)oc(=O)c1C(=O)N1CCc2nc(C)n(C)c(=O)c2CC1. The normalized spacial score (nSPS) is 19.1. The van der Waals surface area contributed by atoms with Crippen molar-refractivity contribution in [2.24, 2.45) is 7.05 Å². The molecule has 2 aromatic heterocycles. The Bertz CT molecular complexity index is 1080. The fraction of sp³-hybridized carbons (Fsp3) is 0.524. The Labute approximate surface area is 168 Å². The zero-order chi connectivity index (χ0) is 20.7. The average Bonchev–Trinajstić information content (AvgIpc) is 3.14. The molecule has 4 rings (SSSR count). The highest BCUT2D eigenvalue weighted by molar-refractivity contribution is 5.95. The maximum atomic E-state index is 13.1. The summed E-state index contributed by atoms with van der Waals surface area (Å²) in [6.07, 6.45) is 1.71. The van der Waals surface area contributed by atoms with Gasteiger partial charge in [0.25, 0.3) is 11.5 Å². The third-order valence-corrected chi connectivity index (χ3v) is 5.94. The molecule has 0 radical (unpaired) electrons. The number of hydrogen-bond acceptors (Lipinski definition) is 6. The highest BCUT2D eigenvalue weighted by Crippen LogP contribution is 2.26. The van der Waals surface area contributed by atoms with Gasteiger partial charge in [-0.25, -0.2) is 9.78 Å². The number of carbonyl (C=O) groups is 1. The fourth-order valence-corrected chi connectivity index (χ4v) is 4.08. The van der Waals surface area contributed by atoms with Gasteiger partial charge in [-0.1, -0.05) is 0 Å². The molecule has 2 aliphatic heterocycles. The van der Waals surface area contributed by atoms with Crippen LogP contribution in [0, 0.1) is 13.8 Å². The Kier molecular flexibility index (Phi) is 5.12. The van der Waals surface area contributed by atoms with E-state index in [2.05, 4.69) is 4.98 Å². The smallest absolute Gasteiger partial charge is 0.349 e. The Balaban J connectivity index is 1.60. The van der Waals surface area contributed by atoms with Crippen molar-refractivity contribution in [3.8, 4) is 0 Å². The number of aryl methyl sites for hydroxylation is 2. The first kappa shape index (κ1) is 19.6. The minimum absolute atomic E-state index is 0.0590. The zero-order valence-corrected chi connectivity index (χ0v) is 17.0. The largest absolute Gasteiger partial charge is 0.427 e. The van der Waals surface area contributed by atoms with Crippen LogP contribution in [-0.4, -0.2) is 46.7 Å². The molecular weight excluding hydrogens is 374 g/mol. The Hall–Kier alpha value is -2.74. The molecule has 8 nitrogen and oxygen atoms in total. The van der Waals surface area contributed by atoms with Crippen LogP contribution < -0.4 is 11.2 Å². The summed E-state index contributed by atoms with van der Waals surface area (Å²) in [4.78, 5) is 44.5. The summed E-state index contributed by atoms with van der Waals surface area (Å²) in [6.45, 7) is 5.50. The van der Waals surface area contributed by atoms with Crippen LogP contribution in [0.5, 0.6) is 0 Å². The van der Waals surface area contributed by atoms with Crippen LogP contribution in [0.1, 0.15) is 51.1 Å². The Morgan fingerprint density at radius 1 is 1.21 bits per heavy atom. The summed E-state index contributed by atoms with van der Waals surface area (Å²) >= 11 is 0. The predicted molar refractivity (Wildman–Crippen MR) is 105 cm³/mol. The second-order valence-corrected chi connectivity index (χ2v) is 7.80. The maximum absolute atomic E-state index is 13.1. The molecule has 0 aliphatic carbocycles. The number of rotatable bonds is 2. The molecule has 1 unspecified atom stereocenters. The first-order valence-corrected chi connectivity index (χ1v) is 9.94. The number of fused-ring (bicyclic) bond motifs is 1. The molecule has 1 fully saturated rings. The molecule has 1 saturated heterocycles. The number of hydrogen-bond donors (Lipinski definition) is 0. The topological polar surface area (TPSA) is 94.6 Å². The van der Waals surface area contributed by atoms with Gasteiger partial charge in [0.1, 0.15) is 17.1 Å². The lowest BCUT2D eigenvalue weighted by Gasteiger charge is -2.20. The third kappa shape index (κ3) is 3.53. The van der Waals surface area contributed by atoms with Crippen molar-refractivity contribution in [2.75, 3.05) is 26.3 Å². The van der Waals surface area contributed by atoms with Crippen molar-refractivity contribution in [3.05, 3.63) is 60.8 Å². The molecular formula is C21H25N3O5. The molecule has 0 aromatic carbocycles. The van der Waals surface area contributed by atoms with Gasteiger partial charge in [0.15, 0.2) is 0 Å². The molecule has 2 aromatic rings. The van der Waals surface area contributed by atoms with Crippen LogP contribution in [0.4, 0.5) is 0 Å². The zero-order valence-electron chi connectivity index (χ0n) is 17.0. The van der Waals surface area contributed by atoms with Crippen LogP contribution in [0.15, 0.2) is 20.1 Å². The summed E-state index contributed by atoms with van der Waals surface area (Å²) in [5.41, 5.74) is 1.38. The van der Waals surface area contributed by atoms with Crippen LogP contribution in [0.2, 0.25) is 0 Å². The average molecular weight is 399 g/mol. The number of amides is 1. The lowest BCUT2D eigenvalue weighted by atomic mass is 10.0. The van der Waals surface area contributed by atoms with Crippen molar-refractivity contribution in [1.29, 1.82) is 0 Å². The first-order chi connectivity index (χ1) is 13.9. The number of carbonyl (C=O) groups excluding carboxylic acids is 1. The van der Waals surface area contributed by atoms with Crippen molar-refractivity contribution in [2.45, 2.75) is 39.0 Å². The van der Waals surface area contributed by atoms with Gasteiger partial charge in [0.05, 0.1) is 12.3 Å². The van der Waals surface area contributed by atoms with E-state index in [1.165, 1.54) is 4.57 Å². The van der Waals surface area contributed by atoms with Gasteiger partial charge in [-0.2, -0.15) is 0 Å². The molecule has 4 heterocycles.